The zero-order valence-electron chi connectivity index (χ0n) is 92.2. The molecule has 0 aliphatic carbocycles. The third kappa shape index (κ3) is 29.9. The fourth-order valence-corrected chi connectivity index (χ4v) is 22.1. The minimum atomic E-state index is -1.06. The van der Waals surface area contributed by atoms with Crippen molar-refractivity contribution in [3.05, 3.63) is 262 Å². The van der Waals surface area contributed by atoms with E-state index in [1.54, 1.807) is 21.9 Å². The van der Waals surface area contributed by atoms with Gasteiger partial charge in [0, 0.05) is 119 Å². The molecule has 2 atom stereocenters. The molecule has 0 amide bonds. The van der Waals surface area contributed by atoms with Crippen LogP contribution in [0.3, 0.4) is 0 Å². The Hall–Kier alpha value is -6.67. The van der Waals surface area contributed by atoms with Gasteiger partial charge in [0.2, 0.25) is 0 Å². The molecule has 12 heterocycles. The Bertz CT molecular complexity index is 4530. The van der Waals surface area contributed by atoms with Crippen LogP contribution in [0.2, 0.25) is 0 Å². The topological polar surface area (TPSA) is 73.8 Å². The zero-order valence-corrected chi connectivity index (χ0v) is 92.2. The number of fused-ring (bicyclic) bond motifs is 12. The summed E-state index contributed by atoms with van der Waals surface area (Å²) in [6.07, 6.45) is 20.4. The molecule has 0 N–H and O–H groups in total. The van der Waals surface area contributed by atoms with Gasteiger partial charge in [-0.3, -0.25) is 0 Å². The maximum atomic E-state index is 4.94. The molecule has 10 aromatic rings. The molecule has 0 spiro atoms. The molecule has 0 unspecified atom stereocenters. The number of ether oxygens (including phenoxy) is 8. The summed E-state index contributed by atoms with van der Waals surface area (Å²) in [5, 5.41) is 0. The first kappa shape index (κ1) is 114. The van der Waals surface area contributed by atoms with Gasteiger partial charge in [0.05, 0.1) is 0 Å². The average molecular weight is 1870 g/mol. The largest absolute Gasteiger partial charge is 1.00 e. The Labute approximate surface area is 875 Å². The van der Waals surface area contributed by atoms with E-state index in [2.05, 4.69) is 372 Å². The standard InChI is InChI=1S/2C47H55B2.8C4H8O.2Li/c2*1-44(2,3)31-18-22-35-36-23-19-32(45(4,5)6)27-40(36)48(39(35)26-31)43(30-16-14-13-15-17-30)49-41-28-33(46(7,8)9)20-24-37(41)38-25-21-34(29-42(38)49)47(10,11)12;8*1-2-4-5-3-1;;/h2*13-29,43,48H,1-12H3;8*1-4H2;;/q2*-1;;;;;;;;;2*+1/t2*43-;;;;;;;;;;/m10........../s1. The van der Waals surface area contributed by atoms with Gasteiger partial charge < -0.3 is 37.9 Å². The molecular weight excluding hydrogens is 1700 g/mol. The van der Waals surface area contributed by atoms with E-state index < -0.39 is 13.4 Å². The minimum Gasteiger partial charge on any atom is -0.381 e. The van der Waals surface area contributed by atoms with Gasteiger partial charge in [0.25, 0.3) is 0 Å². The van der Waals surface area contributed by atoms with Gasteiger partial charge in [-0.05, 0) is 213 Å². The first-order valence-electron chi connectivity index (χ1n) is 54.0. The summed E-state index contributed by atoms with van der Waals surface area (Å²) in [6.45, 7) is 71.0. The Morgan fingerprint density at radius 2 is 0.329 bits per heavy atom. The van der Waals surface area contributed by atoms with Crippen molar-refractivity contribution in [1.29, 1.82) is 0 Å². The van der Waals surface area contributed by atoms with Crippen molar-refractivity contribution in [3.8, 4) is 44.5 Å². The van der Waals surface area contributed by atoms with E-state index in [0.29, 0.717) is 0 Å². The van der Waals surface area contributed by atoms with Crippen molar-refractivity contribution in [1.82, 2.24) is 0 Å². The van der Waals surface area contributed by atoms with Gasteiger partial charge in [-0.15, -0.1) is 11.4 Å². The van der Waals surface area contributed by atoms with Crippen molar-refractivity contribution in [3.63, 3.8) is 0 Å². The molecular formula is C126H174B4Li2O8. The third-order valence-electron chi connectivity index (χ3n) is 30.5. The molecule has 14 heteroatoms. The van der Waals surface area contributed by atoms with Crippen LogP contribution in [0.1, 0.15) is 336 Å². The van der Waals surface area contributed by atoms with Crippen LogP contribution in [0.4, 0.5) is 0 Å². The second kappa shape index (κ2) is 51.1. The van der Waals surface area contributed by atoms with E-state index in [4.69, 9.17) is 37.9 Å². The smallest absolute Gasteiger partial charge is 0.381 e. The van der Waals surface area contributed by atoms with E-state index in [1.807, 2.05) is 0 Å². The summed E-state index contributed by atoms with van der Waals surface area (Å²) in [4.78, 5) is 0. The Morgan fingerprint density at radius 1 is 0.186 bits per heavy atom. The normalized spacial score (nSPS) is 17.5. The first-order valence-corrected chi connectivity index (χ1v) is 54.0. The van der Waals surface area contributed by atoms with Crippen LogP contribution in [-0.2, 0) is 81.2 Å². The summed E-state index contributed by atoms with van der Waals surface area (Å²) < 4.78 is 39.6. The van der Waals surface area contributed by atoms with Gasteiger partial charge >= 0.3 is 37.7 Å². The summed E-state index contributed by atoms with van der Waals surface area (Å²) in [5.74, 6) is 0. The van der Waals surface area contributed by atoms with Crippen LogP contribution in [0.5, 0.6) is 0 Å². The maximum Gasteiger partial charge on any atom is 1.00 e. The molecule has 140 heavy (non-hydrogen) atoms. The molecule has 22 rings (SSSR count). The molecule has 0 radical (unpaired) electrons. The van der Waals surface area contributed by atoms with Gasteiger partial charge in [0.1, 0.15) is 0 Å². The monoisotopic (exact) mass is 1870 g/mol. The molecule has 12 aliphatic heterocycles. The van der Waals surface area contributed by atoms with Gasteiger partial charge in [-0.1, -0.05) is 428 Å². The van der Waals surface area contributed by atoms with Crippen molar-refractivity contribution < 1.29 is 75.6 Å². The molecule has 8 fully saturated rings. The number of hydrogen-bond donors (Lipinski definition) is 0. The van der Waals surface area contributed by atoms with Crippen molar-refractivity contribution >= 4 is 70.6 Å². The van der Waals surface area contributed by atoms with Crippen LogP contribution >= 0.6 is 0 Å². The van der Waals surface area contributed by atoms with Gasteiger partial charge in [-0.2, -0.15) is 0 Å². The predicted octanol–water partition coefficient (Wildman–Crippen LogP) is 19.1. The van der Waals surface area contributed by atoms with Crippen LogP contribution in [0.25, 0.3) is 44.5 Å². The summed E-state index contributed by atoms with van der Waals surface area (Å²) in [6, 6.07) is 82.6. The second-order valence-electron chi connectivity index (χ2n) is 49.4. The fourth-order valence-electron chi connectivity index (χ4n) is 22.1. The van der Waals surface area contributed by atoms with Gasteiger partial charge in [-0.25, -0.2) is 21.9 Å². The molecule has 0 saturated carbocycles. The van der Waals surface area contributed by atoms with Crippen LogP contribution in [-0.4, -0.2) is 133 Å². The van der Waals surface area contributed by atoms with Crippen LogP contribution < -0.4 is 81.4 Å². The van der Waals surface area contributed by atoms with Crippen LogP contribution in [0, 0.1) is 0 Å². The summed E-state index contributed by atoms with van der Waals surface area (Å²) >= 11 is 0. The molecule has 0 bridgehead atoms. The van der Waals surface area contributed by atoms with E-state index in [9.17, 15) is 0 Å². The molecule has 8 nitrogen and oxygen atoms in total. The third-order valence-corrected chi connectivity index (χ3v) is 30.5. The summed E-state index contributed by atoms with van der Waals surface area (Å²) in [5.41, 5.74) is 39.1. The fraction of sp³-hybridized carbons (Fsp3) is 0.524. The second-order valence-corrected chi connectivity index (χ2v) is 49.4. The summed E-state index contributed by atoms with van der Waals surface area (Å²) in [7, 11) is 0. The number of hydrogen-bond acceptors (Lipinski definition) is 8. The molecule has 8 saturated heterocycles. The quantitative estimate of drug-likeness (QED) is 0.153. The Balaban J connectivity index is 0.000000188. The minimum absolute atomic E-state index is 0. The van der Waals surface area contributed by atoms with Crippen molar-refractivity contribution in [2.75, 3.05) is 106 Å². The molecule has 740 valence electrons. The van der Waals surface area contributed by atoms with Crippen molar-refractivity contribution in [2.45, 2.75) is 324 Å². The Kier molecular flexibility index (Phi) is 41.5. The van der Waals surface area contributed by atoms with Crippen molar-refractivity contribution in [2.24, 2.45) is 0 Å². The molecule has 0 aromatic heterocycles. The van der Waals surface area contributed by atoms with Crippen LogP contribution in [0.15, 0.2) is 206 Å². The van der Waals surface area contributed by atoms with E-state index in [0.717, 1.165) is 106 Å². The zero-order chi connectivity index (χ0) is 98.8. The molecule has 10 aromatic carbocycles. The van der Waals surface area contributed by atoms with E-state index >= 15 is 0 Å². The number of rotatable bonds is 6. The van der Waals surface area contributed by atoms with Gasteiger partial charge in [0.15, 0.2) is 13.4 Å². The molecule has 12 aliphatic rings. The first-order chi connectivity index (χ1) is 65.7. The average Bonchev–Trinajstić information content (AvgIpc) is 1.55. The van der Waals surface area contributed by atoms with E-state index in [-0.39, 0.29) is 106 Å². The van der Waals surface area contributed by atoms with E-state index in [1.165, 1.54) is 225 Å². The SMILES string of the molecule is C1CCOC1.C1CCOC1.C1CCOC1.C1CCOC1.C1CCOC1.C1CCOC1.C1CCOC1.C1CCOC1.CC(C)(C)c1ccc2c(c1)B([C@@H]([BH-]1c3cc(C(C)(C)C)ccc3-c3ccc(C(C)(C)C)cc31)c1ccccc1)c1cc(C(C)(C)C)ccc1-2.CC(C)(C)c1ccc2c(c1)B([C@H]([BH-]1c3cc(C(C)(C)C)ccc3-c3ccc(C(C)(C)C)cc31)c1ccccc1)c1cc(C(C)(C)C)ccc1-2.[Li+].[Li+]. The number of benzene rings is 10. The predicted molar refractivity (Wildman–Crippen MR) is 599 cm³/mol. The Morgan fingerprint density at radius 3 is 0.464 bits per heavy atom. The maximum absolute atomic E-state index is 4.94.